The van der Waals surface area contributed by atoms with Crippen LogP contribution in [-0.4, -0.2) is 62.9 Å². The number of hydrogen-bond donors (Lipinski definition) is 0. The Morgan fingerprint density at radius 1 is 0.742 bits per heavy atom. The predicted octanol–water partition coefficient (Wildman–Crippen LogP) is 3.24. The van der Waals surface area contributed by atoms with Gasteiger partial charge in [0.25, 0.3) is 0 Å². The Kier molecular flexibility index (Phi) is 13.7. The van der Waals surface area contributed by atoms with Gasteiger partial charge in [-0.15, -0.1) is 0 Å². The van der Waals surface area contributed by atoms with E-state index in [4.69, 9.17) is 18.9 Å². The van der Waals surface area contributed by atoms with Crippen LogP contribution in [0.25, 0.3) is 0 Å². The Labute approximate surface area is 187 Å². The summed E-state index contributed by atoms with van der Waals surface area (Å²) in [4.78, 5) is 22.1. The SMILES string of the molecule is CCCC(=O)OCCC1OC1CCC.CCCC1OC1CCOC(=O)C(CC)=S(=O)=O. The number of carbonyl (C=O) groups is 2. The lowest BCUT2D eigenvalue weighted by Crippen LogP contribution is -2.19. The fraction of sp³-hybridized carbons (Fsp3) is 0.864. The molecule has 2 fully saturated rings. The highest BCUT2D eigenvalue weighted by atomic mass is 32.2. The van der Waals surface area contributed by atoms with E-state index in [1.54, 1.807) is 6.92 Å². The summed E-state index contributed by atoms with van der Waals surface area (Å²) in [6.07, 6.45) is 8.69. The third-order valence-corrected chi connectivity index (χ3v) is 5.88. The molecule has 0 bridgehead atoms. The van der Waals surface area contributed by atoms with E-state index in [0.29, 0.717) is 37.8 Å². The first-order chi connectivity index (χ1) is 14.9. The second-order valence-corrected chi connectivity index (χ2v) is 8.66. The van der Waals surface area contributed by atoms with Crippen molar-refractivity contribution >= 4 is 27.1 Å². The van der Waals surface area contributed by atoms with Crippen LogP contribution in [0.2, 0.25) is 0 Å². The summed E-state index contributed by atoms with van der Waals surface area (Å²) in [5.41, 5.74) is 0. The number of hydrogen-bond acceptors (Lipinski definition) is 8. The summed E-state index contributed by atoms with van der Waals surface area (Å²) in [7, 11) is -2.48. The van der Waals surface area contributed by atoms with Crippen LogP contribution < -0.4 is 0 Å². The molecule has 0 N–H and O–H groups in total. The van der Waals surface area contributed by atoms with Gasteiger partial charge in [-0.2, -0.15) is 8.42 Å². The summed E-state index contributed by atoms with van der Waals surface area (Å²) in [5.74, 6) is -0.825. The summed E-state index contributed by atoms with van der Waals surface area (Å²) >= 11 is 0. The quantitative estimate of drug-likeness (QED) is 0.220. The zero-order valence-electron chi connectivity index (χ0n) is 19.3. The molecule has 0 amide bonds. The van der Waals surface area contributed by atoms with Gasteiger partial charge in [0, 0.05) is 19.3 Å². The van der Waals surface area contributed by atoms with Crippen molar-refractivity contribution in [3.63, 3.8) is 0 Å². The van der Waals surface area contributed by atoms with Crippen molar-refractivity contribution in [2.75, 3.05) is 13.2 Å². The van der Waals surface area contributed by atoms with E-state index in [1.165, 1.54) is 0 Å². The normalized spacial score (nSPS) is 23.2. The smallest absolute Gasteiger partial charge is 0.349 e. The van der Waals surface area contributed by atoms with E-state index < -0.39 is 16.3 Å². The maximum absolute atomic E-state index is 11.3. The van der Waals surface area contributed by atoms with Gasteiger partial charge in [-0.1, -0.05) is 40.5 Å². The minimum atomic E-state index is -2.48. The summed E-state index contributed by atoms with van der Waals surface area (Å²) in [6.45, 7) is 8.55. The van der Waals surface area contributed by atoms with Crippen LogP contribution in [0, 0.1) is 0 Å². The predicted molar refractivity (Wildman–Crippen MR) is 117 cm³/mol. The number of epoxide rings is 2. The zero-order valence-corrected chi connectivity index (χ0v) is 20.1. The van der Waals surface area contributed by atoms with Crippen molar-refractivity contribution in [3.8, 4) is 0 Å². The fourth-order valence-electron chi connectivity index (χ4n) is 3.19. The molecule has 0 aromatic heterocycles. The summed E-state index contributed by atoms with van der Waals surface area (Å²) in [5, 5.41) is 0. The number of carbonyl (C=O) groups excluding carboxylic acids is 2. The summed E-state index contributed by atoms with van der Waals surface area (Å²) in [6, 6.07) is 0. The highest BCUT2D eigenvalue weighted by molar-refractivity contribution is 7.74. The second-order valence-electron chi connectivity index (χ2n) is 7.70. The second kappa shape index (κ2) is 15.4. The molecule has 4 atom stereocenters. The van der Waals surface area contributed by atoms with Gasteiger partial charge in [-0.25, -0.2) is 4.79 Å². The van der Waals surface area contributed by atoms with E-state index in [2.05, 4.69) is 13.8 Å². The molecule has 2 aliphatic rings. The van der Waals surface area contributed by atoms with Crippen LogP contribution in [0.1, 0.15) is 85.5 Å². The van der Waals surface area contributed by atoms with Crippen LogP contribution >= 0.6 is 0 Å². The average Bonchev–Trinajstić information content (AvgIpc) is 3.62. The average molecular weight is 463 g/mol. The molecule has 2 saturated heterocycles. The Bertz CT molecular complexity index is 680. The molecule has 0 radical (unpaired) electrons. The van der Waals surface area contributed by atoms with Gasteiger partial charge in [-0.05, 0) is 25.7 Å². The highest BCUT2D eigenvalue weighted by Crippen LogP contribution is 2.29. The fourth-order valence-corrected chi connectivity index (χ4v) is 3.62. The molecule has 2 heterocycles. The van der Waals surface area contributed by atoms with E-state index in [9.17, 15) is 18.0 Å². The van der Waals surface area contributed by atoms with Crippen molar-refractivity contribution in [1.82, 2.24) is 0 Å². The maximum Gasteiger partial charge on any atom is 0.349 e. The standard InChI is InChI=1S/C11H18O5S.C11H20O3/c1-3-5-8-9(16-8)6-7-15-11(12)10(4-2)17(13)14;1-3-5-9-10(14-9)7-8-13-11(12)6-4-2/h8-9H,3-7H2,1-2H3;9-10H,3-8H2,1-2H3. The van der Waals surface area contributed by atoms with Crippen LogP contribution in [0.4, 0.5) is 0 Å². The van der Waals surface area contributed by atoms with Crippen LogP contribution in [0.15, 0.2) is 0 Å². The number of esters is 2. The molecular weight excluding hydrogens is 424 g/mol. The summed E-state index contributed by atoms with van der Waals surface area (Å²) < 4.78 is 42.0. The van der Waals surface area contributed by atoms with Gasteiger partial charge >= 0.3 is 11.9 Å². The monoisotopic (exact) mass is 462 g/mol. The minimum absolute atomic E-state index is 0.0832. The first kappa shape index (κ1) is 27.6. The van der Waals surface area contributed by atoms with Crippen molar-refractivity contribution in [2.45, 2.75) is 110 Å². The van der Waals surface area contributed by atoms with Gasteiger partial charge in [-0.3, -0.25) is 4.79 Å². The molecule has 2 aliphatic heterocycles. The van der Waals surface area contributed by atoms with Gasteiger partial charge in [0.2, 0.25) is 10.3 Å². The van der Waals surface area contributed by atoms with E-state index in [1.807, 2.05) is 6.92 Å². The van der Waals surface area contributed by atoms with Crippen molar-refractivity contribution < 1.29 is 37.0 Å². The lowest BCUT2D eigenvalue weighted by molar-refractivity contribution is -0.143. The third-order valence-electron chi connectivity index (χ3n) is 5.03. The Morgan fingerprint density at radius 2 is 1.23 bits per heavy atom. The molecule has 180 valence electrons. The minimum Gasteiger partial charge on any atom is -0.466 e. The van der Waals surface area contributed by atoms with E-state index >= 15 is 0 Å². The van der Waals surface area contributed by atoms with Crippen molar-refractivity contribution in [1.29, 1.82) is 0 Å². The molecule has 8 nitrogen and oxygen atoms in total. The van der Waals surface area contributed by atoms with E-state index in [0.717, 1.165) is 38.5 Å². The molecule has 2 rings (SSSR count). The Morgan fingerprint density at radius 3 is 1.65 bits per heavy atom. The lowest BCUT2D eigenvalue weighted by Gasteiger charge is -2.02. The molecule has 0 aromatic rings. The number of rotatable bonds is 14. The Balaban J connectivity index is 0.000000316. The maximum atomic E-state index is 11.3. The molecule has 4 unspecified atom stereocenters. The van der Waals surface area contributed by atoms with Gasteiger partial charge in [0.05, 0.1) is 37.6 Å². The highest BCUT2D eigenvalue weighted by Gasteiger charge is 2.37. The Hall–Kier alpha value is -1.45. The molecule has 0 saturated carbocycles. The molecule has 9 heteroatoms. The van der Waals surface area contributed by atoms with E-state index in [-0.39, 0.29) is 30.0 Å². The van der Waals surface area contributed by atoms with Crippen LogP contribution in [0.5, 0.6) is 0 Å². The molecular formula is C22H38O8S. The van der Waals surface area contributed by atoms with Gasteiger partial charge < -0.3 is 18.9 Å². The number of ether oxygens (including phenoxy) is 4. The van der Waals surface area contributed by atoms with Crippen LogP contribution in [-0.2, 0) is 38.8 Å². The molecule has 0 spiro atoms. The lowest BCUT2D eigenvalue weighted by atomic mass is 10.2. The van der Waals surface area contributed by atoms with Crippen LogP contribution in [0.3, 0.4) is 0 Å². The van der Waals surface area contributed by atoms with Crippen molar-refractivity contribution in [2.24, 2.45) is 0 Å². The first-order valence-corrected chi connectivity index (χ1v) is 12.5. The first-order valence-electron chi connectivity index (χ1n) is 11.5. The largest absolute Gasteiger partial charge is 0.466 e. The van der Waals surface area contributed by atoms with Gasteiger partial charge in [0.1, 0.15) is 0 Å². The molecule has 31 heavy (non-hydrogen) atoms. The van der Waals surface area contributed by atoms with Gasteiger partial charge in [0.15, 0.2) is 4.86 Å². The molecule has 0 aliphatic carbocycles. The van der Waals surface area contributed by atoms with Crippen molar-refractivity contribution in [3.05, 3.63) is 0 Å². The molecule has 0 aromatic carbocycles. The zero-order chi connectivity index (χ0) is 23.2. The topological polar surface area (TPSA) is 112 Å². The third kappa shape index (κ3) is 11.7.